The smallest absolute Gasteiger partial charge is 0.317 e. The molecule has 1 N–H and O–H groups in total. The number of ether oxygens (including phenoxy) is 2. The average molecular weight is 348 g/mol. The van der Waals surface area contributed by atoms with E-state index in [1.165, 1.54) is 6.07 Å². The number of piperidine rings is 1. The van der Waals surface area contributed by atoms with Crippen LogP contribution in [0.4, 0.5) is 9.18 Å². The SMILES string of the molecule is CC1(C2CCN(C(=O)NC3CC3c3ccccc3F)CC2)OCCO1. The second-order valence-corrected chi connectivity index (χ2v) is 7.39. The van der Waals surface area contributed by atoms with E-state index in [9.17, 15) is 9.18 Å². The van der Waals surface area contributed by atoms with E-state index in [-0.39, 0.29) is 23.8 Å². The van der Waals surface area contributed by atoms with Gasteiger partial charge in [-0.2, -0.15) is 0 Å². The molecule has 2 aliphatic heterocycles. The van der Waals surface area contributed by atoms with E-state index in [2.05, 4.69) is 5.32 Å². The van der Waals surface area contributed by atoms with E-state index in [4.69, 9.17) is 9.47 Å². The first-order valence-corrected chi connectivity index (χ1v) is 9.14. The number of amides is 2. The van der Waals surface area contributed by atoms with Crippen LogP contribution in [0.2, 0.25) is 0 Å². The molecule has 0 bridgehead atoms. The molecule has 5 nitrogen and oxygen atoms in total. The number of nitrogens with one attached hydrogen (secondary N) is 1. The summed E-state index contributed by atoms with van der Waals surface area (Å²) in [5, 5.41) is 3.05. The minimum atomic E-state index is -0.491. The lowest BCUT2D eigenvalue weighted by atomic mass is 9.89. The second kappa shape index (κ2) is 6.57. The van der Waals surface area contributed by atoms with Crippen molar-refractivity contribution < 1.29 is 18.7 Å². The van der Waals surface area contributed by atoms with Crippen molar-refractivity contribution in [3.8, 4) is 0 Å². The van der Waals surface area contributed by atoms with Gasteiger partial charge in [-0.05, 0) is 37.8 Å². The highest BCUT2D eigenvalue weighted by molar-refractivity contribution is 5.75. The number of nitrogens with zero attached hydrogens (tertiary/aromatic N) is 1. The maximum atomic E-state index is 13.8. The van der Waals surface area contributed by atoms with Gasteiger partial charge in [-0.15, -0.1) is 0 Å². The van der Waals surface area contributed by atoms with Gasteiger partial charge < -0.3 is 19.7 Å². The number of hydrogen-bond donors (Lipinski definition) is 1. The summed E-state index contributed by atoms with van der Waals surface area (Å²) in [6.07, 6.45) is 2.57. The van der Waals surface area contributed by atoms with E-state index < -0.39 is 5.79 Å². The molecule has 4 rings (SSSR count). The fourth-order valence-electron chi connectivity index (χ4n) is 4.10. The van der Waals surface area contributed by atoms with E-state index in [1.807, 2.05) is 17.9 Å². The summed E-state index contributed by atoms with van der Waals surface area (Å²) in [6.45, 7) is 4.71. The largest absolute Gasteiger partial charge is 0.348 e. The molecule has 0 radical (unpaired) electrons. The lowest BCUT2D eigenvalue weighted by molar-refractivity contribution is -0.189. The number of carbonyl (C=O) groups is 1. The maximum Gasteiger partial charge on any atom is 0.317 e. The Labute approximate surface area is 147 Å². The molecule has 1 saturated carbocycles. The summed E-state index contributed by atoms with van der Waals surface area (Å²) in [5.41, 5.74) is 0.704. The van der Waals surface area contributed by atoms with Crippen LogP contribution >= 0.6 is 0 Å². The number of benzene rings is 1. The molecule has 1 aliphatic carbocycles. The monoisotopic (exact) mass is 348 g/mol. The molecule has 136 valence electrons. The van der Waals surface area contributed by atoms with Crippen molar-refractivity contribution in [3.63, 3.8) is 0 Å². The summed E-state index contributed by atoms with van der Waals surface area (Å²) >= 11 is 0. The molecule has 2 heterocycles. The van der Waals surface area contributed by atoms with Gasteiger partial charge in [0.2, 0.25) is 0 Å². The molecule has 0 spiro atoms. The minimum absolute atomic E-state index is 0.0410. The highest BCUT2D eigenvalue weighted by atomic mass is 19.1. The Morgan fingerprint density at radius 1 is 1.24 bits per heavy atom. The third-order valence-electron chi connectivity index (χ3n) is 5.79. The molecule has 2 amide bonds. The number of urea groups is 1. The average Bonchev–Trinajstić information content (AvgIpc) is 3.23. The maximum absolute atomic E-state index is 13.8. The van der Waals surface area contributed by atoms with Gasteiger partial charge >= 0.3 is 6.03 Å². The Morgan fingerprint density at radius 2 is 1.92 bits per heavy atom. The molecule has 25 heavy (non-hydrogen) atoms. The van der Waals surface area contributed by atoms with Crippen LogP contribution in [0.5, 0.6) is 0 Å². The summed E-state index contributed by atoms with van der Waals surface area (Å²) < 4.78 is 25.3. The lowest BCUT2D eigenvalue weighted by Gasteiger charge is -2.39. The van der Waals surface area contributed by atoms with Crippen molar-refractivity contribution >= 4 is 6.03 Å². The van der Waals surface area contributed by atoms with Gasteiger partial charge in [0, 0.05) is 31.0 Å². The summed E-state index contributed by atoms with van der Waals surface area (Å²) in [7, 11) is 0. The molecule has 2 atom stereocenters. The van der Waals surface area contributed by atoms with Crippen LogP contribution in [0, 0.1) is 11.7 Å². The fourth-order valence-corrected chi connectivity index (χ4v) is 4.10. The Kier molecular flexibility index (Phi) is 4.41. The van der Waals surface area contributed by atoms with Gasteiger partial charge in [0.05, 0.1) is 13.2 Å². The van der Waals surface area contributed by atoms with Crippen LogP contribution in [-0.4, -0.2) is 49.1 Å². The zero-order chi connectivity index (χ0) is 17.4. The standard InChI is InChI=1S/C19H25FN2O3/c1-19(24-10-11-25-19)13-6-8-22(9-7-13)18(23)21-17-12-15(17)14-4-2-3-5-16(14)20/h2-5,13,15,17H,6-12H2,1H3,(H,21,23). The van der Waals surface area contributed by atoms with Gasteiger partial charge in [0.15, 0.2) is 5.79 Å². The number of hydrogen-bond acceptors (Lipinski definition) is 3. The molecule has 6 heteroatoms. The van der Waals surface area contributed by atoms with Crippen LogP contribution in [-0.2, 0) is 9.47 Å². The Morgan fingerprint density at radius 3 is 2.60 bits per heavy atom. The molecule has 1 aromatic rings. The predicted octanol–water partition coefficient (Wildman–Crippen LogP) is 2.87. The summed E-state index contributed by atoms with van der Waals surface area (Å²) in [4.78, 5) is 14.3. The normalized spacial score (nSPS) is 28.8. The van der Waals surface area contributed by atoms with Gasteiger partial charge in [-0.25, -0.2) is 9.18 Å². The first kappa shape index (κ1) is 16.8. The van der Waals surface area contributed by atoms with Gasteiger partial charge in [0.1, 0.15) is 5.82 Å². The molecule has 0 aromatic heterocycles. The van der Waals surface area contributed by atoms with E-state index >= 15 is 0 Å². The van der Waals surface area contributed by atoms with Crippen molar-refractivity contribution in [2.45, 2.75) is 43.9 Å². The first-order chi connectivity index (χ1) is 12.1. The Hall–Kier alpha value is -1.66. The second-order valence-electron chi connectivity index (χ2n) is 7.39. The molecule has 1 aromatic carbocycles. The van der Waals surface area contributed by atoms with Crippen LogP contribution < -0.4 is 5.32 Å². The fraction of sp³-hybridized carbons (Fsp3) is 0.632. The summed E-state index contributed by atoms with van der Waals surface area (Å²) in [6, 6.07) is 6.82. The van der Waals surface area contributed by atoms with Crippen molar-refractivity contribution in [1.82, 2.24) is 10.2 Å². The van der Waals surface area contributed by atoms with E-state index in [0.29, 0.717) is 37.8 Å². The highest BCUT2D eigenvalue weighted by Gasteiger charge is 2.44. The number of likely N-dealkylation sites (tertiary alicyclic amines) is 1. The topological polar surface area (TPSA) is 50.8 Å². The van der Waals surface area contributed by atoms with Crippen LogP contribution in [0.25, 0.3) is 0 Å². The molecule has 2 saturated heterocycles. The molecular weight excluding hydrogens is 323 g/mol. The zero-order valence-electron chi connectivity index (χ0n) is 14.5. The van der Waals surface area contributed by atoms with E-state index in [0.717, 1.165) is 19.3 Å². The van der Waals surface area contributed by atoms with E-state index in [1.54, 1.807) is 12.1 Å². The van der Waals surface area contributed by atoms with Gasteiger partial charge in [-0.3, -0.25) is 0 Å². The van der Waals surface area contributed by atoms with Crippen LogP contribution in [0.15, 0.2) is 24.3 Å². The number of halogens is 1. The van der Waals surface area contributed by atoms with Gasteiger partial charge in [-0.1, -0.05) is 18.2 Å². The first-order valence-electron chi connectivity index (χ1n) is 9.14. The highest BCUT2D eigenvalue weighted by Crippen LogP contribution is 2.42. The summed E-state index contributed by atoms with van der Waals surface area (Å²) in [5.74, 6) is -0.252. The molecule has 3 aliphatic rings. The van der Waals surface area contributed by atoms with Crippen molar-refractivity contribution in [3.05, 3.63) is 35.6 Å². The number of carbonyl (C=O) groups excluding carboxylic acids is 1. The third kappa shape index (κ3) is 3.37. The predicted molar refractivity (Wildman–Crippen MR) is 90.7 cm³/mol. The molecule has 3 fully saturated rings. The molecule has 2 unspecified atom stereocenters. The van der Waals surface area contributed by atoms with Crippen molar-refractivity contribution in [2.75, 3.05) is 26.3 Å². The molecular formula is C19H25FN2O3. The van der Waals surface area contributed by atoms with Gasteiger partial charge in [0.25, 0.3) is 0 Å². The lowest BCUT2D eigenvalue weighted by Crippen LogP contribution is -2.49. The van der Waals surface area contributed by atoms with Crippen molar-refractivity contribution in [2.24, 2.45) is 5.92 Å². The zero-order valence-corrected chi connectivity index (χ0v) is 14.5. The Balaban J connectivity index is 1.27. The Bertz CT molecular complexity index is 639. The number of rotatable bonds is 3. The van der Waals surface area contributed by atoms with Crippen molar-refractivity contribution in [1.29, 1.82) is 0 Å². The van der Waals surface area contributed by atoms with Crippen LogP contribution in [0.1, 0.15) is 37.7 Å². The minimum Gasteiger partial charge on any atom is -0.348 e. The third-order valence-corrected chi connectivity index (χ3v) is 5.79. The van der Waals surface area contributed by atoms with Crippen LogP contribution in [0.3, 0.4) is 0 Å². The quantitative estimate of drug-likeness (QED) is 0.914.